The molecule has 2 aromatic heterocycles. The van der Waals surface area contributed by atoms with Crippen LogP contribution in [0.4, 0.5) is 0 Å². The van der Waals surface area contributed by atoms with E-state index >= 15 is 0 Å². The minimum absolute atomic E-state index is 0.227. The summed E-state index contributed by atoms with van der Waals surface area (Å²) in [7, 11) is 0. The standard InChI is InChI=1S/C16H13NO3S/c1-2-11-8-9-12(20-11)15-17-13(14(21-15)16(18)19)10-6-4-3-5-7-10/h3-9H,2H2,1H3,(H,18,19). The number of furan rings is 1. The van der Waals surface area contributed by atoms with Crippen LogP contribution in [0.5, 0.6) is 0 Å². The van der Waals surface area contributed by atoms with Crippen molar-refractivity contribution in [2.24, 2.45) is 0 Å². The molecule has 0 spiro atoms. The lowest BCUT2D eigenvalue weighted by Crippen LogP contribution is -1.95. The molecule has 0 bridgehead atoms. The lowest BCUT2D eigenvalue weighted by atomic mass is 10.1. The molecule has 0 aliphatic rings. The quantitative estimate of drug-likeness (QED) is 0.778. The topological polar surface area (TPSA) is 63.3 Å². The fourth-order valence-corrected chi connectivity index (χ4v) is 2.93. The van der Waals surface area contributed by atoms with Crippen LogP contribution in [0.3, 0.4) is 0 Å². The highest BCUT2D eigenvalue weighted by Gasteiger charge is 2.20. The monoisotopic (exact) mass is 299 g/mol. The molecule has 3 aromatic rings. The first kappa shape index (κ1) is 13.6. The Morgan fingerprint density at radius 3 is 2.62 bits per heavy atom. The molecule has 5 heteroatoms. The molecule has 3 rings (SSSR count). The van der Waals surface area contributed by atoms with Crippen molar-refractivity contribution >= 4 is 17.3 Å². The second-order valence-corrected chi connectivity index (χ2v) is 5.49. The first-order valence-corrected chi connectivity index (χ1v) is 7.39. The van der Waals surface area contributed by atoms with Gasteiger partial charge in [0.15, 0.2) is 10.8 Å². The molecule has 21 heavy (non-hydrogen) atoms. The number of carboxylic acids is 1. The van der Waals surface area contributed by atoms with Crippen molar-refractivity contribution in [1.82, 2.24) is 4.98 Å². The molecular weight excluding hydrogens is 286 g/mol. The Kier molecular flexibility index (Phi) is 3.58. The maximum atomic E-state index is 11.4. The van der Waals surface area contributed by atoms with Gasteiger partial charge in [0, 0.05) is 12.0 Å². The van der Waals surface area contributed by atoms with E-state index in [0.29, 0.717) is 16.5 Å². The number of hydrogen-bond acceptors (Lipinski definition) is 4. The van der Waals surface area contributed by atoms with Gasteiger partial charge < -0.3 is 9.52 Å². The Morgan fingerprint density at radius 1 is 1.24 bits per heavy atom. The molecule has 0 atom stereocenters. The van der Waals surface area contributed by atoms with Crippen LogP contribution in [0.1, 0.15) is 22.4 Å². The predicted octanol–water partition coefficient (Wildman–Crippen LogP) is 4.33. The summed E-state index contributed by atoms with van der Waals surface area (Å²) < 4.78 is 5.66. The summed E-state index contributed by atoms with van der Waals surface area (Å²) in [6.07, 6.45) is 0.794. The van der Waals surface area contributed by atoms with Gasteiger partial charge in [-0.1, -0.05) is 37.3 Å². The fourth-order valence-electron chi connectivity index (χ4n) is 2.05. The minimum Gasteiger partial charge on any atom is -0.477 e. The van der Waals surface area contributed by atoms with Gasteiger partial charge in [0.2, 0.25) is 0 Å². The SMILES string of the molecule is CCc1ccc(-c2nc(-c3ccccc3)c(C(=O)O)s2)o1. The van der Waals surface area contributed by atoms with E-state index in [1.165, 1.54) is 0 Å². The minimum atomic E-state index is -0.972. The molecule has 1 N–H and O–H groups in total. The molecule has 4 nitrogen and oxygen atoms in total. The van der Waals surface area contributed by atoms with Gasteiger partial charge in [-0.15, -0.1) is 11.3 Å². The Labute approximate surface area is 125 Å². The molecule has 0 saturated heterocycles. The van der Waals surface area contributed by atoms with E-state index in [2.05, 4.69) is 4.98 Å². The Bertz CT molecular complexity index is 774. The van der Waals surface area contributed by atoms with Crippen LogP contribution in [-0.2, 0) is 6.42 Å². The highest BCUT2D eigenvalue weighted by molar-refractivity contribution is 7.17. The number of nitrogens with zero attached hydrogens (tertiary/aromatic N) is 1. The summed E-state index contributed by atoms with van der Waals surface area (Å²) in [5.74, 6) is 0.500. The van der Waals surface area contributed by atoms with Crippen molar-refractivity contribution in [2.75, 3.05) is 0 Å². The summed E-state index contributed by atoms with van der Waals surface area (Å²) in [6.45, 7) is 2.00. The summed E-state index contributed by atoms with van der Waals surface area (Å²) in [4.78, 5) is 16.1. The van der Waals surface area contributed by atoms with E-state index < -0.39 is 5.97 Å². The van der Waals surface area contributed by atoms with Crippen LogP contribution in [-0.4, -0.2) is 16.1 Å². The average Bonchev–Trinajstić information content (AvgIpc) is 3.14. The normalized spacial score (nSPS) is 10.7. The number of thiazole rings is 1. The summed E-state index contributed by atoms with van der Waals surface area (Å²) in [6, 6.07) is 13.0. The second kappa shape index (κ2) is 5.54. The highest BCUT2D eigenvalue weighted by atomic mass is 32.1. The molecule has 106 valence electrons. The number of aromatic carboxylic acids is 1. The van der Waals surface area contributed by atoms with Gasteiger partial charge in [-0.05, 0) is 12.1 Å². The van der Waals surface area contributed by atoms with Crippen LogP contribution in [0.15, 0.2) is 46.9 Å². The largest absolute Gasteiger partial charge is 0.477 e. The Morgan fingerprint density at radius 2 is 2.00 bits per heavy atom. The third-order valence-corrected chi connectivity index (χ3v) is 4.15. The van der Waals surface area contributed by atoms with Crippen LogP contribution >= 0.6 is 11.3 Å². The van der Waals surface area contributed by atoms with Crippen LogP contribution in [0.2, 0.25) is 0 Å². The molecule has 0 fully saturated rings. The molecule has 0 amide bonds. The van der Waals surface area contributed by atoms with Crippen molar-refractivity contribution < 1.29 is 14.3 Å². The van der Waals surface area contributed by atoms with Gasteiger partial charge in [0.25, 0.3) is 0 Å². The van der Waals surface area contributed by atoms with Gasteiger partial charge in [0.05, 0.1) is 5.69 Å². The number of benzene rings is 1. The van der Waals surface area contributed by atoms with Crippen molar-refractivity contribution in [2.45, 2.75) is 13.3 Å². The van der Waals surface area contributed by atoms with E-state index in [9.17, 15) is 9.90 Å². The third kappa shape index (κ3) is 2.60. The van der Waals surface area contributed by atoms with Crippen LogP contribution in [0, 0.1) is 0 Å². The summed E-state index contributed by atoms with van der Waals surface area (Å²) in [5.41, 5.74) is 1.28. The zero-order valence-corrected chi connectivity index (χ0v) is 12.2. The van der Waals surface area contributed by atoms with Gasteiger partial charge >= 0.3 is 5.97 Å². The lowest BCUT2D eigenvalue weighted by Gasteiger charge is -1.97. The van der Waals surface area contributed by atoms with E-state index in [1.807, 2.05) is 49.4 Å². The summed E-state index contributed by atoms with van der Waals surface area (Å²) in [5, 5.41) is 9.97. The van der Waals surface area contributed by atoms with Crippen molar-refractivity contribution in [3.8, 4) is 22.0 Å². The number of aryl methyl sites for hydroxylation is 1. The van der Waals surface area contributed by atoms with Gasteiger partial charge in [0.1, 0.15) is 10.6 Å². The van der Waals surface area contributed by atoms with E-state index in [-0.39, 0.29) is 4.88 Å². The number of carbonyl (C=O) groups is 1. The van der Waals surface area contributed by atoms with E-state index in [0.717, 1.165) is 29.1 Å². The fraction of sp³-hybridized carbons (Fsp3) is 0.125. The van der Waals surface area contributed by atoms with Crippen LogP contribution < -0.4 is 0 Å². The van der Waals surface area contributed by atoms with Gasteiger partial charge in [-0.3, -0.25) is 0 Å². The molecule has 0 aliphatic carbocycles. The molecule has 2 heterocycles. The number of rotatable bonds is 4. The van der Waals surface area contributed by atoms with Crippen molar-refractivity contribution in [3.05, 3.63) is 53.1 Å². The highest BCUT2D eigenvalue weighted by Crippen LogP contribution is 2.34. The van der Waals surface area contributed by atoms with E-state index in [4.69, 9.17) is 4.42 Å². The number of hydrogen-bond donors (Lipinski definition) is 1. The number of aromatic nitrogens is 1. The van der Waals surface area contributed by atoms with Crippen molar-refractivity contribution in [3.63, 3.8) is 0 Å². The summed E-state index contributed by atoms with van der Waals surface area (Å²) >= 11 is 1.13. The van der Waals surface area contributed by atoms with E-state index in [1.54, 1.807) is 0 Å². The average molecular weight is 299 g/mol. The molecule has 1 aromatic carbocycles. The first-order chi connectivity index (χ1) is 10.2. The third-order valence-electron chi connectivity index (χ3n) is 3.09. The Balaban J connectivity index is 2.10. The van der Waals surface area contributed by atoms with Gasteiger partial charge in [-0.25, -0.2) is 9.78 Å². The van der Waals surface area contributed by atoms with Crippen molar-refractivity contribution in [1.29, 1.82) is 0 Å². The number of carboxylic acid groups (broad SMARTS) is 1. The second-order valence-electron chi connectivity index (χ2n) is 4.49. The zero-order valence-electron chi connectivity index (χ0n) is 11.4. The first-order valence-electron chi connectivity index (χ1n) is 6.57. The molecule has 0 saturated carbocycles. The predicted molar refractivity (Wildman–Crippen MR) is 81.6 cm³/mol. The maximum Gasteiger partial charge on any atom is 0.348 e. The van der Waals surface area contributed by atoms with Gasteiger partial charge in [-0.2, -0.15) is 0 Å². The molecule has 0 radical (unpaired) electrons. The lowest BCUT2D eigenvalue weighted by molar-refractivity contribution is 0.0702. The molecular formula is C16H13NO3S. The molecule has 0 unspecified atom stereocenters. The smallest absolute Gasteiger partial charge is 0.348 e. The maximum absolute atomic E-state index is 11.4. The van der Waals surface area contributed by atoms with Crippen LogP contribution in [0.25, 0.3) is 22.0 Å². The molecule has 0 aliphatic heterocycles. The Hall–Kier alpha value is -2.40. The zero-order chi connectivity index (χ0) is 14.8.